The molecule has 0 saturated heterocycles. The topological polar surface area (TPSA) is 52.0 Å². The van der Waals surface area contributed by atoms with Gasteiger partial charge in [0, 0.05) is 12.1 Å². The summed E-state index contributed by atoms with van der Waals surface area (Å²) in [6, 6.07) is 0.883. The highest BCUT2D eigenvalue weighted by Crippen LogP contribution is 2.41. The van der Waals surface area contributed by atoms with Crippen molar-refractivity contribution >= 4 is 0 Å². The van der Waals surface area contributed by atoms with Crippen molar-refractivity contribution in [2.45, 2.75) is 123 Å². The van der Waals surface area contributed by atoms with Crippen molar-refractivity contribution in [3.05, 3.63) is 0 Å². The third-order valence-electron chi connectivity index (χ3n) is 6.59. The molecule has 0 aromatic rings. The monoisotopic (exact) mass is 338 g/mol. The van der Waals surface area contributed by atoms with Crippen LogP contribution >= 0.6 is 0 Å². The lowest BCUT2D eigenvalue weighted by Gasteiger charge is -2.39. The molecule has 1 aliphatic carbocycles. The molecule has 0 aliphatic heterocycles. The standard InChI is InChI=1S/C22H46N2/c1-18(2)21(24)12-10-8-6-5-7-9-11-17-22(3,4)19-13-15-20(23)16-14-19/h18-21H,5-17,23-24H2,1-4H3/t19-,20-,21?. The van der Waals surface area contributed by atoms with Gasteiger partial charge in [-0.3, -0.25) is 0 Å². The first-order chi connectivity index (χ1) is 11.3. The van der Waals surface area contributed by atoms with Crippen LogP contribution in [0.5, 0.6) is 0 Å². The summed E-state index contributed by atoms with van der Waals surface area (Å²) in [7, 11) is 0. The fourth-order valence-electron chi connectivity index (χ4n) is 4.28. The third kappa shape index (κ3) is 8.85. The minimum Gasteiger partial charge on any atom is -0.328 e. The molecule has 1 saturated carbocycles. The molecule has 1 rings (SSSR count). The Morgan fingerprint density at radius 2 is 1.33 bits per heavy atom. The molecular formula is C22H46N2. The van der Waals surface area contributed by atoms with E-state index in [1.807, 2.05) is 0 Å². The zero-order valence-electron chi connectivity index (χ0n) is 17.2. The summed E-state index contributed by atoms with van der Waals surface area (Å²) in [6.07, 6.45) is 17.5. The van der Waals surface area contributed by atoms with E-state index in [4.69, 9.17) is 11.5 Å². The van der Waals surface area contributed by atoms with Gasteiger partial charge in [-0.15, -0.1) is 0 Å². The Kier molecular flexibility index (Phi) is 10.5. The Labute approximate surface area is 152 Å². The average molecular weight is 339 g/mol. The van der Waals surface area contributed by atoms with Crippen LogP contribution in [0.2, 0.25) is 0 Å². The van der Waals surface area contributed by atoms with E-state index >= 15 is 0 Å². The van der Waals surface area contributed by atoms with Crippen LogP contribution in [0.1, 0.15) is 111 Å². The van der Waals surface area contributed by atoms with Gasteiger partial charge in [-0.05, 0) is 55.8 Å². The summed E-state index contributed by atoms with van der Waals surface area (Å²) in [5.41, 5.74) is 12.7. The van der Waals surface area contributed by atoms with Crippen LogP contribution < -0.4 is 11.5 Å². The van der Waals surface area contributed by atoms with Crippen LogP contribution in [0, 0.1) is 17.3 Å². The molecule has 24 heavy (non-hydrogen) atoms. The summed E-state index contributed by atoms with van der Waals surface area (Å²) >= 11 is 0. The highest BCUT2D eigenvalue weighted by atomic mass is 14.6. The lowest BCUT2D eigenvalue weighted by molar-refractivity contribution is 0.135. The molecule has 0 amide bonds. The number of rotatable bonds is 12. The van der Waals surface area contributed by atoms with Crippen LogP contribution in [-0.4, -0.2) is 12.1 Å². The Hall–Kier alpha value is -0.0800. The summed E-state index contributed by atoms with van der Waals surface area (Å²) < 4.78 is 0. The predicted octanol–water partition coefficient (Wildman–Crippen LogP) is 6.02. The van der Waals surface area contributed by atoms with Crippen LogP contribution in [-0.2, 0) is 0 Å². The first-order valence-corrected chi connectivity index (χ1v) is 10.8. The molecule has 1 atom stereocenters. The molecule has 0 aromatic heterocycles. The Bertz CT molecular complexity index is 303. The Morgan fingerprint density at radius 1 is 0.833 bits per heavy atom. The molecular weight excluding hydrogens is 292 g/mol. The van der Waals surface area contributed by atoms with Crippen molar-refractivity contribution in [2.24, 2.45) is 28.7 Å². The van der Waals surface area contributed by atoms with Crippen molar-refractivity contribution in [1.82, 2.24) is 0 Å². The van der Waals surface area contributed by atoms with E-state index in [0.717, 1.165) is 5.92 Å². The molecule has 0 bridgehead atoms. The lowest BCUT2D eigenvalue weighted by Crippen LogP contribution is -2.33. The molecule has 0 heterocycles. The molecule has 1 aliphatic rings. The molecule has 1 fully saturated rings. The van der Waals surface area contributed by atoms with E-state index in [9.17, 15) is 0 Å². The highest BCUT2D eigenvalue weighted by molar-refractivity contribution is 4.84. The van der Waals surface area contributed by atoms with Gasteiger partial charge < -0.3 is 11.5 Å². The molecule has 2 nitrogen and oxygen atoms in total. The fraction of sp³-hybridized carbons (Fsp3) is 1.00. The molecule has 1 unspecified atom stereocenters. The maximum absolute atomic E-state index is 6.10. The van der Waals surface area contributed by atoms with E-state index < -0.39 is 0 Å². The van der Waals surface area contributed by atoms with E-state index in [0.29, 0.717) is 23.4 Å². The van der Waals surface area contributed by atoms with E-state index in [1.54, 1.807) is 0 Å². The fourth-order valence-corrected chi connectivity index (χ4v) is 4.28. The molecule has 4 N–H and O–H groups in total. The van der Waals surface area contributed by atoms with E-state index in [2.05, 4.69) is 27.7 Å². The number of hydrogen-bond acceptors (Lipinski definition) is 2. The third-order valence-corrected chi connectivity index (χ3v) is 6.59. The second kappa shape index (κ2) is 11.5. The van der Waals surface area contributed by atoms with E-state index in [-0.39, 0.29) is 0 Å². The molecule has 0 radical (unpaired) electrons. The summed E-state index contributed by atoms with van der Waals surface area (Å²) in [5.74, 6) is 1.54. The quantitative estimate of drug-likeness (QED) is 0.427. The average Bonchev–Trinajstić information content (AvgIpc) is 2.53. The van der Waals surface area contributed by atoms with Gasteiger partial charge in [0.25, 0.3) is 0 Å². The Morgan fingerprint density at radius 3 is 1.88 bits per heavy atom. The second-order valence-corrected chi connectivity index (χ2v) is 9.52. The van der Waals surface area contributed by atoms with Crippen LogP contribution in [0.15, 0.2) is 0 Å². The number of nitrogens with two attached hydrogens (primary N) is 2. The largest absolute Gasteiger partial charge is 0.328 e. The van der Waals surface area contributed by atoms with Gasteiger partial charge in [0.1, 0.15) is 0 Å². The van der Waals surface area contributed by atoms with Gasteiger partial charge in [-0.1, -0.05) is 72.6 Å². The van der Waals surface area contributed by atoms with Crippen LogP contribution in [0.25, 0.3) is 0 Å². The van der Waals surface area contributed by atoms with Gasteiger partial charge in [-0.25, -0.2) is 0 Å². The van der Waals surface area contributed by atoms with Gasteiger partial charge in [0.15, 0.2) is 0 Å². The smallest absolute Gasteiger partial charge is 0.00618 e. The van der Waals surface area contributed by atoms with Crippen LogP contribution in [0.4, 0.5) is 0 Å². The Balaban J connectivity index is 1.97. The highest BCUT2D eigenvalue weighted by Gasteiger charge is 2.31. The first-order valence-electron chi connectivity index (χ1n) is 10.8. The number of hydrogen-bond donors (Lipinski definition) is 2. The summed E-state index contributed by atoms with van der Waals surface area (Å²) in [5, 5.41) is 0. The SMILES string of the molecule is CC(C)C(N)CCCCCCCCCC(C)(C)[C@H]1CC[C@H](N)CC1. The zero-order valence-corrected chi connectivity index (χ0v) is 17.2. The minimum absolute atomic E-state index is 0.404. The summed E-state index contributed by atoms with van der Waals surface area (Å²) in [4.78, 5) is 0. The minimum atomic E-state index is 0.404. The summed E-state index contributed by atoms with van der Waals surface area (Å²) in [6.45, 7) is 9.45. The second-order valence-electron chi connectivity index (χ2n) is 9.52. The molecule has 2 heteroatoms. The van der Waals surface area contributed by atoms with Crippen molar-refractivity contribution in [2.75, 3.05) is 0 Å². The predicted molar refractivity (Wildman–Crippen MR) is 108 cm³/mol. The maximum atomic E-state index is 6.10. The lowest BCUT2D eigenvalue weighted by atomic mass is 9.68. The maximum Gasteiger partial charge on any atom is 0.00618 e. The number of unbranched alkanes of at least 4 members (excludes halogenated alkanes) is 6. The molecule has 0 aromatic carbocycles. The van der Waals surface area contributed by atoms with Crippen molar-refractivity contribution in [1.29, 1.82) is 0 Å². The molecule has 144 valence electrons. The molecule has 0 spiro atoms. The van der Waals surface area contributed by atoms with E-state index in [1.165, 1.54) is 83.5 Å². The normalized spacial score (nSPS) is 23.6. The van der Waals surface area contributed by atoms with Gasteiger partial charge in [-0.2, -0.15) is 0 Å². The zero-order chi connectivity index (χ0) is 18.0. The van der Waals surface area contributed by atoms with Gasteiger partial charge in [0.05, 0.1) is 0 Å². The van der Waals surface area contributed by atoms with Gasteiger partial charge in [0.2, 0.25) is 0 Å². The van der Waals surface area contributed by atoms with Gasteiger partial charge >= 0.3 is 0 Å². The van der Waals surface area contributed by atoms with Crippen molar-refractivity contribution < 1.29 is 0 Å². The van der Waals surface area contributed by atoms with Crippen molar-refractivity contribution in [3.8, 4) is 0 Å². The van der Waals surface area contributed by atoms with Crippen LogP contribution in [0.3, 0.4) is 0 Å². The van der Waals surface area contributed by atoms with Crippen molar-refractivity contribution in [3.63, 3.8) is 0 Å². The first kappa shape index (κ1) is 22.0.